The third kappa shape index (κ3) is 4.57. The largest absolute Gasteiger partial charge is 0.298 e. The van der Waals surface area contributed by atoms with Crippen LogP contribution in [0.4, 0.5) is 4.39 Å². The topological polar surface area (TPSA) is 20.3 Å². The monoisotopic (exact) mass is 251 g/mol. The third-order valence-corrected chi connectivity index (χ3v) is 3.40. The number of halogens is 1. The van der Waals surface area contributed by atoms with Crippen molar-refractivity contribution < 1.29 is 9.18 Å². The smallest absolute Gasteiger partial charge is 0.151 e. The van der Waals surface area contributed by atoms with E-state index in [1.165, 1.54) is 12.1 Å². The van der Waals surface area contributed by atoms with Gasteiger partial charge >= 0.3 is 0 Å². The number of Topliss-reactive ketones (excluding diaryl/α,β-unsaturated/α-hetero) is 1. The molecule has 0 fully saturated rings. The first kappa shape index (κ1) is 14.8. The first-order chi connectivity index (χ1) is 8.40. The summed E-state index contributed by atoms with van der Waals surface area (Å²) < 4.78 is 12.7. The first-order valence-corrected chi connectivity index (χ1v) is 6.36. The van der Waals surface area contributed by atoms with Gasteiger partial charge in [0.2, 0.25) is 0 Å². The number of hydrogen-bond donors (Lipinski definition) is 0. The van der Waals surface area contributed by atoms with Gasteiger partial charge in [0.15, 0.2) is 5.78 Å². The summed E-state index contributed by atoms with van der Waals surface area (Å²) in [5, 5.41) is 0. The molecule has 0 aliphatic heterocycles. The van der Waals surface area contributed by atoms with E-state index in [9.17, 15) is 9.18 Å². The maximum absolute atomic E-state index is 12.7. The lowest BCUT2D eigenvalue weighted by Crippen LogP contribution is -2.37. The summed E-state index contributed by atoms with van der Waals surface area (Å²) in [4.78, 5) is 14.0. The third-order valence-electron chi connectivity index (χ3n) is 3.40. The van der Waals surface area contributed by atoms with Gasteiger partial charge in [-0.3, -0.25) is 9.69 Å². The molecule has 0 spiro atoms. The number of carbonyl (C=O) groups is 1. The molecule has 1 atom stereocenters. The molecule has 1 aromatic carbocycles. The summed E-state index contributed by atoms with van der Waals surface area (Å²) in [5.74, 6) is 0.418. The summed E-state index contributed by atoms with van der Waals surface area (Å²) in [7, 11) is 1.97. The van der Waals surface area contributed by atoms with Crippen LogP contribution in [0.3, 0.4) is 0 Å². The second kappa shape index (κ2) is 6.64. The number of rotatable bonds is 6. The Morgan fingerprint density at radius 3 is 2.28 bits per heavy atom. The zero-order valence-electron chi connectivity index (χ0n) is 11.6. The number of nitrogens with zero attached hydrogens (tertiary/aromatic N) is 1. The van der Waals surface area contributed by atoms with Gasteiger partial charge in [-0.25, -0.2) is 4.39 Å². The van der Waals surface area contributed by atoms with E-state index in [1.807, 2.05) is 7.05 Å². The number of ketones is 1. The highest BCUT2D eigenvalue weighted by molar-refractivity contribution is 5.82. The van der Waals surface area contributed by atoms with Crippen LogP contribution in [0.2, 0.25) is 0 Å². The number of benzene rings is 1. The van der Waals surface area contributed by atoms with Crippen molar-refractivity contribution >= 4 is 5.78 Å². The van der Waals surface area contributed by atoms with E-state index in [0.29, 0.717) is 24.9 Å². The van der Waals surface area contributed by atoms with Crippen LogP contribution in [0.15, 0.2) is 24.3 Å². The van der Waals surface area contributed by atoms with Crippen molar-refractivity contribution in [2.45, 2.75) is 33.2 Å². The predicted molar refractivity (Wildman–Crippen MR) is 72.0 cm³/mol. The molecular formula is C15H22FNO. The second-order valence-electron chi connectivity index (χ2n) is 5.24. The fourth-order valence-corrected chi connectivity index (χ4v) is 1.82. The molecular weight excluding hydrogens is 229 g/mol. The maximum atomic E-state index is 12.7. The van der Waals surface area contributed by atoms with E-state index >= 15 is 0 Å². The highest BCUT2D eigenvalue weighted by Crippen LogP contribution is 2.09. The fraction of sp³-hybridized carbons (Fsp3) is 0.533. The van der Waals surface area contributed by atoms with Crippen LogP contribution in [0.5, 0.6) is 0 Å². The Hall–Kier alpha value is -1.22. The molecule has 2 nitrogen and oxygen atoms in total. The van der Waals surface area contributed by atoms with E-state index in [-0.39, 0.29) is 11.6 Å². The van der Waals surface area contributed by atoms with Crippen LogP contribution in [0.1, 0.15) is 26.3 Å². The Bertz CT molecular complexity index is 386. The lowest BCUT2D eigenvalue weighted by Gasteiger charge is -2.27. The zero-order valence-corrected chi connectivity index (χ0v) is 11.6. The molecule has 0 radical (unpaired) electrons. The molecule has 1 rings (SSSR count). The van der Waals surface area contributed by atoms with Crippen molar-refractivity contribution in [1.82, 2.24) is 4.90 Å². The van der Waals surface area contributed by atoms with E-state index in [4.69, 9.17) is 0 Å². The molecule has 0 amide bonds. The average Bonchev–Trinajstić information content (AvgIpc) is 2.30. The molecule has 0 aliphatic rings. The van der Waals surface area contributed by atoms with Gasteiger partial charge in [-0.2, -0.15) is 0 Å². The second-order valence-corrected chi connectivity index (χ2v) is 5.24. The first-order valence-electron chi connectivity index (χ1n) is 6.36. The van der Waals surface area contributed by atoms with Crippen LogP contribution in [-0.2, 0) is 11.2 Å². The van der Waals surface area contributed by atoms with Gasteiger partial charge in [-0.15, -0.1) is 0 Å². The minimum absolute atomic E-state index is 0.164. The van der Waals surface area contributed by atoms with E-state index < -0.39 is 0 Å². The van der Waals surface area contributed by atoms with Gasteiger partial charge in [0.25, 0.3) is 0 Å². The summed E-state index contributed by atoms with van der Waals surface area (Å²) in [5.41, 5.74) is 0.868. The minimum atomic E-state index is -0.267. The van der Waals surface area contributed by atoms with E-state index in [1.54, 1.807) is 12.1 Å². The fourth-order valence-electron chi connectivity index (χ4n) is 1.82. The molecule has 0 heterocycles. The molecule has 0 aromatic heterocycles. The van der Waals surface area contributed by atoms with Crippen molar-refractivity contribution in [2.24, 2.45) is 5.92 Å². The van der Waals surface area contributed by atoms with E-state index in [0.717, 1.165) is 5.56 Å². The van der Waals surface area contributed by atoms with Gasteiger partial charge in [-0.05, 0) is 37.6 Å². The SMILES string of the molecule is CC(C)C(C)N(C)CC(=O)Cc1ccc(F)cc1. The highest BCUT2D eigenvalue weighted by Gasteiger charge is 2.16. The van der Waals surface area contributed by atoms with Crippen molar-refractivity contribution in [3.05, 3.63) is 35.6 Å². The lowest BCUT2D eigenvalue weighted by molar-refractivity contribution is -0.119. The molecule has 100 valence electrons. The van der Waals surface area contributed by atoms with Gasteiger partial charge < -0.3 is 0 Å². The Morgan fingerprint density at radius 2 is 1.78 bits per heavy atom. The Kier molecular flexibility index (Phi) is 5.48. The normalized spacial score (nSPS) is 13.1. The molecule has 0 saturated heterocycles. The van der Waals surface area contributed by atoms with E-state index in [2.05, 4.69) is 25.7 Å². The Balaban J connectivity index is 2.49. The number of likely N-dealkylation sites (N-methyl/N-ethyl adjacent to an activating group) is 1. The quantitative estimate of drug-likeness (QED) is 0.775. The predicted octanol–water partition coefficient (Wildman–Crippen LogP) is 2.91. The van der Waals surface area contributed by atoms with Crippen molar-refractivity contribution in [3.8, 4) is 0 Å². The summed E-state index contributed by atoms with van der Waals surface area (Å²) in [6.45, 7) is 6.85. The molecule has 0 saturated carbocycles. The van der Waals surface area contributed by atoms with Crippen LogP contribution in [0.25, 0.3) is 0 Å². The van der Waals surface area contributed by atoms with Gasteiger partial charge in [-0.1, -0.05) is 26.0 Å². The lowest BCUT2D eigenvalue weighted by atomic mass is 10.0. The van der Waals surface area contributed by atoms with Crippen molar-refractivity contribution in [1.29, 1.82) is 0 Å². The van der Waals surface area contributed by atoms with Crippen molar-refractivity contribution in [3.63, 3.8) is 0 Å². The minimum Gasteiger partial charge on any atom is -0.298 e. The Labute approximate surface area is 109 Å². The van der Waals surface area contributed by atoms with Crippen molar-refractivity contribution in [2.75, 3.05) is 13.6 Å². The molecule has 0 N–H and O–H groups in total. The van der Waals surface area contributed by atoms with Crippen LogP contribution < -0.4 is 0 Å². The number of carbonyl (C=O) groups excluding carboxylic acids is 1. The molecule has 1 unspecified atom stereocenters. The number of hydrogen-bond acceptors (Lipinski definition) is 2. The summed E-state index contributed by atoms with van der Waals surface area (Å²) >= 11 is 0. The van der Waals surface area contributed by atoms with Gasteiger partial charge in [0.1, 0.15) is 5.82 Å². The summed E-state index contributed by atoms with van der Waals surface area (Å²) in [6.07, 6.45) is 0.370. The summed E-state index contributed by atoms with van der Waals surface area (Å²) in [6, 6.07) is 6.49. The molecule has 18 heavy (non-hydrogen) atoms. The maximum Gasteiger partial charge on any atom is 0.151 e. The van der Waals surface area contributed by atoms with Gasteiger partial charge in [0, 0.05) is 12.5 Å². The Morgan fingerprint density at radius 1 is 1.22 bits per heavy atom. The van der Waals surface area contributed by atoms with Crippen LogP contribution >= 0.6 is 0 Å². The standard InChI is InChI=1S/C15H22FNO/c1-11(2)12(3)17(4)10-15(18)9-13-5-7-14(16)8-6-13/h5-8,11-12H,9-10H2,1-4H3. The highest BCUT2D eigenvalue weighted by atomic mass is 19.1. The zero-order chi connectivity index (χ0) is 13.7. The molecule has 1 aromatic rings. The molecule has 0 bridgehead atoms. The average molecular weight is 251 g/mol. The van der Waals surface area contributed by atoms with Gasteiger partial charge in [0.05, 0.1) is 6.54 Å². The molecule has 3 heteroatoms. The van der Waals surface area contributed by atoms with Crippen LogP contribution in [0, 0.1) is 11.7 Å². The van der Waals surface area contributed by atoms with Crippen LogP contribution in [-0.4, -0.2) is 30.3 Å². The molecule has 0 aliphatic carbocycles.